The molecule has 1 aromatic rings. The maximum Gasteiger partial charge on any atom is 0.246 e. The van der Waals surface area contributed by atoms with Crippen molar-refractivity contribution in [2.75, 3.05) is 6.54 Å². The Morgan fingerprint density at radius 3 is 2.55 bits per heavy atom. The Morgan fingerprint density at radius 2 is 1.95 bits per heavy atom. The highest BCUT2D eigenvalue weighted by atomic mass is 16.2. The Hall–Kier alpha value is -1.91. The Morgan fingerprint density at radius 1 is 1.30 bits per heavy atom. The van der Waals surface area contributed by atoms with Gasteiger partial charge >= 0.3 is 0 Å². The summed E-state index contributed by atoms with van der Waals surface area (Å²) in [4.78, 5) is 30.0. The maximum atomic E-state index is 12.5. The average Bonchev–Trinajstić information content (AvgIpc) is 2.42. The van der Waals surface area contributed by atoms with Gasteiger partial charge in [-0.05, 0) is 37.0 Å². The summed E-state index contributed by atoms with van der Waals surface area (Å²) in [5.74, 6) is 0.277. The van der Waals surface area contributed by atoms with Gasteiger partial charge in [0.15, 0.2) is 0 Å². The Balaban J connectivity index is 2.17. The molecule has 1 fully saturated rings. The van der Waals surface area contributed by atoms with Crippen molar-refractivity contribution in [2.45, 2.75) is 39.3 Å². The minimum absolute atomic E-state index is 0.00242. The third-order valence-corrected chi connectivity index (χ3v) is 3.59. The molecule has 2 unspecified atom stereocenters. The highest BCUT2D eigenvalue weighted by molar-refractivity contribution is 5.95. The molecule has 0 aliphatic carbocycles. The Labute approximate surface area is 119 Å². The molecular formula is C15H21N3O2. The van der Waals surface area contributed by atoms with E-state index in [-0.39, 0.29) is 24.4 Å². The molecule has 1 aliphatic rings. The summed E-state index contributed by atoms with van der Waals surface area (Å²) in [5.41, 5.74) is 0.992. The van der Waals surface area contributed by atoms with Crippen molar-refractivity contribution < 1.29 is 9.59 Å². The van der Waals surface area contributed by atoms with Gasteiger partial charge in [-0.3, -0.25) is 14.6 Å². The van der Waals surface area contributed by atoms with E-state index < -0.39 is 6.04 Å². The molecule has 0 bridgehead atoms. The molecule has 1 aromatic heterocycles. The number of pyridine rings is 1. The van der Waals surface area contributed by atoms with Crippen LogP contribution in [0.15, 0.2) is 24.5 Å². The van der Waals surface area contributed by atoms with Crippen LogP contribution in [-0.2, 0) is 9.59 Å². The maximum absolute atomic E-state index is 12.5. The first kappa shape index (κ1) is 14.5. The fourth-order valence-electron chi connectivity index (χ4n) is 2.52. The molecule has 2 heterocycles. The van der Waals surface area contributed by atoms with E-state index in [9.17, 15) is 9.59 Å². The van der Waals surface area contributed by atoms with Crippen LogP contribution in [0, 0.1) is 5.92 Å². The van der Waals surface area contributed by atoms with Crippen LogP contribution >= 0.6 is 0 Å². The summed E-state index contributed by atoms with van der Waals surface area (Å²) in [5, 5.41) is 2.79. The lowest BCUT2D eigenvalue weighted by Crippen LogP contribution is -2.58. The molecule has 108 valence electrons. The van der Waals surface area contributed by atoms with Crippen molar-refractivity contribution in [2.24, 2.45) is 5.92 Å². The number of rotatable bonds is 4. The molecule has 1 aliphatic heterocycles. The van der Waals surface area contributed by atoms with Gasteiger partial charge < -0.3 is 10.2 Å². The number of hydrogen-bond donors (Lipinski definition) is 1. The predicted molar refractivity (Wildman–Crippen MR) is 75.8 cm³/mol. The van der Waals surface area contributed by atoms with Crippen LogP contribution in [0.5, 0.6) is 0 Å². The summed E-state index contributed by atoms with van der Waals surface area (Å²) in [6.07, 6.45) is 4.07. The molecule has 5 heteroatoms. The second-order valence-corrected chi connectivity index (χ2v) is 5.67. The fraction of sp³-hybridized carbons (Fsp3) is 0.533. The number of aromatic nitrogens is 1. The number of nitrogens with one attached hydrogen (secondary N) is 1. The van der Waals surface area contributed by atoms with Gasteiger partial charge in [0.1, 0.15) is 12.6 Å². The number of nitrogens with zero attached hydrogens (tertiary/aromatic N) is 2. The second-order valence-electron chi connectivity index (χ2n) is 5.67. The molecule has 1 N–H and O–H groups in total. The Kier molecular flexibility index (Phi) is 4.37. The lowest BCUT2D eigenvalue weighted by atomic mass is 9.99. The molecule has 1 saturated heterocycles. The van der Waals surface area contributed by atoms with Crippen LogP contribution in [0.2, 0.25) is 0 Å². The number of piperazine rings is 1. The Bertz CT molecular complexity index is 487. The van der Waals surface area contributed by atoms with E-state index in [2.05, 4.69) is 10.3 Å². The largest absolute Gasteiger partial charge is 0.343 e. The van der Waals surface area contributed by atoms with Crippen molar-refractivity contribution in [3.8, 4) is 0 Å². The van der Waals surface area contributed by atoms with Crippen LogP contribution in [0.3, 0.4) is 0 Å². The molecule has 20 heavy (non-hydrogen) atoms. The summed E-state index contributed by atoms with van der Waals surface area (Å²) in [6.45, 7) is 6.16. The molecule has 2 amide bonds. The van der Waals surface area contributed by atoms with Gasteiger partial charge in [0.05, 0.1) is 6.04 Å². The summed E-state index contributed by atoms with van der Waals surface area (Å²) in [7, 11) is 0. The van der Waals surface area contributed by atoms with Crippen molar-refractivity contribution in [3.05, 3.63) is 30.1 Å². The normalized spacial score (nSPS) is 21.0. The zero-order valence-corrected chi connectivity index (χ0v) is 12.2. The molecule has 0 aromatic carbocycles. The van der Waals surface area contributed by atoms with E-state index in [1.807, 2.05) is 32.9 Å². The highest BCUT2D eigenvalue weighted by Gasteiger charge is 2.35. The van der Waals surface area contributed by atoms with Crippen LogP contribution in [0.1, 0.15) is 38.8 Å². The first-order valence-corrected chi connectivity index (χ1v) is 6.98. The number of amides is 2. The second kappa shape index (κ2) is 6.03. The zero-order chi connectivity index (χ0) is 14.7. The molecule has 5 nitrogen and oxygen atoms in total. The van der Waals surface area contributed by atoms with E-state index in [0.717, 1.165) is 5.56 Å². The lowest BCUT2D eigenvalue weighted by Gasteiger charge is -2.37. The monoisotopic (exact) mass is 275 g/mol. The smallest absolute Gasteiger partial charge is 0.246 e. The van der Waals surface area contributed by atoms with Gasteiger partial charge in [0, 0.05) is 12.4 Å². The van der Waals surface area contributed by atoms with Crippen LogP contribution in [0.4, 0.5) is 0 Å². The standard InChI is InChI=1S/C15H21N3O2/c1-10(2)8-13-15(20)18(9-14(19)17-13)11(3)12-4-6-16-7-5-12/h4-7,10-11,13H,8-9H2,1-3H3,(H,17,19). The van der Waals surface area contributed by atoms with Crippen molar-refractivity contribution in [1.82, 2.24) is 15.2 Å². The number of hydrogen-bond acceptors (Lipinski definition) is 3. The van der Waals surface area contributed by atoms with Gasteiger partial charge in [-0.25, -0.2) is 0 Å². The van der Waals surface area contributed by atoms with E-state index >= 15 is 0 Å². The van der Waals surface area contributed by atoms with Crippen LogP contribution in [-0.4, -0.2) is 34.3 Å². The minimum atomic E-state index is -0.402. The lowest BCUT2D eigenvalue weighted by molar-refractivity contribution is -0.146. The SMILES string of the molecule is CC(C)CC1NC(=O)CN(C(C)c2ccncc2)C1=O. The molecule has 2 atom stereocenters. The summed E-state index contributed by atoms with van der Waals surface area (Å²) in [6, 6.07) is 3.23. The first-order valence-electron chi connectivity index (χ1n) is 6.98. The molecule has 2 rings (SSSR count). The van der Waals surface area contributed by atoms with Crippen molar-refractivity contribution in [1.29, 1.82) is 0 Å². The van der Waals surface area contributed by atoms with Gasteiger partial charge in [0.2, 0.25) is 11.8 Å². The molecular weight excluding hydrogens is 254 g/mol. The third-order valence-electron chi connectivity index (χ3n) is 3.59. The van der Waals surface area contributed by atoms with E-state index in [1.54, 1.807) is 17.3 Å². The van der Waals surface area contributed by atoms with Crippen molar-refractivity contribution in [3.63, 3.8) is 0 Å². The van der Waals surface area contributed by atoms with Crippen molar-refractivity contribution >= 4 is 11.8 Å². The number of carbonyl (C=O) groups excluding carboxylic acids is 2. The fourth-order valence-corrected chi connectivity index (χ4v) is 2.52. The van der Waals surface area contributed by atoms with Crippen LogP contribution in [0.25, 0.3) is 0 Å². The molecule has 0 radical (unpaired) electrons. The van der Waals surface area contributed by atoms with Gasteiger partial charge in [-0.1, -0.05) is 13.8 Å². The average molecular weight is 275 g/mol. The quantitative estimate of drug-likeness (QED) is 0.906. The summed E-state index contributed by atoms with van der Waals surface area (Å²) >= 11 is 0. The predicted octanol–water partition coefficient (Wildman–Crippen LogP) is 1.52. The van der Waals surface area contributed by atoms with E-state index in [0.29, 0.717) is 12.3 Å². The van der Waals surface area contributed by atoms with Crippen LogP contribution < -0.4 is 5.32 Å². The zero-order valence-electron chi connectivity index (χ0n) is 12.2. The number of carbonyl (C=O) groups is 2. The highest BCUT2D eigenvalue weighted by Crippen LogP contribution is 2.23. The molecule has 0 saturated carbocycles. The van der Waals surface area contributed by atoms with E-state index in [4.69, 9.17) is 0 Å². The third kappa shape index (κ3) is 3.15. The van der Waals surface area contributed by atoms with E-state index in [1.165, 1.54) is 0 Å². The topological polar surface area (TPSA) is 62.3 Å². The van der Waals surface area contributed by atoms with Gasteiger partial charge in [-0.15, -0.1) is 0 Å². The van der Waals surface area contributed by atoms with Gasteiger partial charge in [-0.2, -0.15) is 0 Å². The summed E-state index contributed by atoms with van der Waals surface area (Å²) < 4.78 is 0. The first-order chi connectivity index (χ1) is 9.49. The minimum Gasteiger partial charge on any atom is -0.343 e. The molecule has 0 spiro atoms. The van der Waals surface area contributed by atoms with Gasteiger partial charge in [0.25, 0.3) is 0 Å².